The zero-order valence-electron chi connectivity index (χ0n) is 13.3. The molecule has 0 aliphatic rings. The van der Waals surface area contributed by atoms with E-state index in [0.29, 0.717) is 18.8 Å². The van der Waals surface area contributed by atoms with E-state index in [1.807, 2.05) is 48.3 Å². The van der Waals surface area contributed by atoms with Gasteiger partial charge in [0.15, 0.2) is 0 Å². The number of nitrogens with zero attached hydrogens (tertiary/aromatic N) is 3. The average Bonchev–Trinajstić information content (AvgIpc) is 3.04. The topological polar surface area (TPSA) is 82.1 Å². The number of benzene rings is 1. The number of nitrogens with one attached hydrogen (secondary N) is 1. The molecule has 2 N–H and O–H groups in total. The monoisotopic (exact) mass is 322 g/mol. The van der Waals surface area contributed by atoms with Crippen LogP contribution in [0.2, 0.25) is 0 Å². The van der Waals surface area contributed by atoms with Crippen molar-refractivity contribution in [3.05, 3.63) is 71.7 Å². The van der Waals surface area contributed by atoms with Crippen LogP contribution in [0.4, 0.5) is 0 Å². The van der Waals surface area contributed by atoms with Gasteiger partial charge < -0.3 is 5.11 Å². The van der Waals surface area contributed by atoms with E-state index in [1.165, 1.54) is 0 Å². The van der Waals surface area contributed by atoms with Crippen LogP contribution in [0.5, 0.6) is 0 Å². The molecule has 0 aliphatic carbocycles. The first-order valence-electron chi connectivity index (χ1n) is 7.59. The second-order valence-electron chi connectivity index (χ2n) is 5.62. The van der Waals surface area contributed by atoms with Crippen LogP contribution in [-0.4, -0.2) is 38.2 Å². The Morgan fingerprint density at radius 3 is 2.71 bits per heavy atom. The lowest BCUT2D eigenvalue weighted by atomic mass is 10.1. The molecule has 0 aliphatic heterocycles. The standard InChI is InChI=1S/C18H18N4O2/c1-22(12-17-15(18(23)24)8-5-9-19-17)11-14-10-16(21-20-14)13-6-3-2-4-7-13/h2-10H,11-12H2,1H3,(H,20,21)(H,23,24). The van der Waals surface area contributed by atoms with Crippen molar-refractivity contribution in [2.75, 3.05) is 7.05 Å². The molecule has 0 radical (unpaired) electrons. The minimum absolute atomic E-state index is 0.235. The average molecular weight is 322 g/mol. The molecule has 0 bridgehead atoms. The summed E-state index contributed by atoms with van der Waals surface area (Å²) in [6.45, 7) is 1.07. The van der Waals surface area contributed by atoms with E-state index >= 15 is 0 Å². The summed E-state index contributed by atoms with van der Waals surface area (Å²) in [6, 6.07) is 15.2. The fraction of sp³-hybridized carbons (Fsp3) is 0.167. The van der Waals surface area contributed by atoms with Crippen molar-refractivity contribution < 1.29 is 9.90 Å². The van der Waals surface area contributed by atoms with Crippen LogP contribution in [0.1, 0.15) is 21.7 Å². The zero-order chi connectivity index (χ0) is 16.9. The van der Waals surface area contributed by atoms with Gasteiger partial charge in [0.2, 0.25) is 0 Å². The van der Waals surface area contributed by atoms with Gasteiger partial charge in [-0.05, 0) is 25.2 Å². The Morgan fingerprint density at radius 2 is 1.96 bits per heavy atom. The van der Waals surface area contributed by atoms with Gasteiger partial charge in [-0.3, -0.25) is 15.0 Å². The third-order valence-electron chi connectivity index (χ3n) is 3.68. The molecule has 6 heteroatoms. The van der Waals surface area contributed by atoms with Crippen LogP contribution in [0.15, 0.2) is 54.7 Å². The molecule has 3 rings (SSSR count). The van der Waals surface area contributed by atoms with Gasteiger partial charge in [0.1, 0.15) is 0 Å². The quantitative estimate of drug-likeness (QED) is 0.729. The van der Waals surface area contributed by atoms with Crippen LogP contribution < -0.4 is 0 Å². The van der Waals surface area contributed by atoms with Gasteiger partial charge in [-0.15, -0.1) is 0 Å². The molecule has 122 valence electrons. The number of aromatic carboxylic acids is 1. The van der Waals surface area contributed by atoms with Crippen LogP contribution in [0, 0.1) is 0 Å². The molecular weight excluding hydrogens is 304 g/mol. The second kappa shape index (κ2) is 7.06. The first-order chi connectivity index (χ1) is 11.6. The SMILES string of the molecule is CN(Cc1cc(-c2ccccc2)n[nH]1)Cc1ncccc1C(=O)O. The molecule has 0 amide bonds. The first kappa shape index (κ1) is 15.9. The van der Waals surface area contributed by atoms with Crippen LogP contribution >= 0.6 is 0 Å². The van der Waals surface area contributed by atoms with Crippen molar-refractivity contribution in [2.24, 2.45) is 0 Å². The van der Waals surface area contributed by atoms with Crippen molar-refractivity contribution >= 4 is 5.97 Å². The van der Waals surface area contributed by atoms with Crippen molar-refractivity contribution in [2.45, 2.75) is 13.1 Å². The van der Waals surface area contributed by atoms with Gasteiger partial charge in [-0.2, -0.15) is 5.10 Å². The van der Waals surface area contributed by atoms with Gasteiger partial charge in [0.05, 0.1) is 17.0 Å². The number of aromatic nitrogens is 3. The van der Waals surface area contributed by atoms with Crippen molar-refractivity contribution in [3.8, 4) is 11.3 Å². The normalized spacial score (nSPS) is 10.9. The molecule has 0 saturated carbocycles. The number of pyridine rings is 1. The van der Waals surface area contributed by atoms with Gasteiger partial charge in [-0.25, -0.2) is 4.79 Å². The van der Waals surface area contributed by atoms with E-state index in [4.69, 9.17) is 0 Å². The summed E-state index contributed by atoms with van der Waals surface area (Å²) < 4.78 is 0. The smallest absolute Gasteiger partial charge is 0.337 e. The van der Waals surface area contributed by atoms with Gasteiger partial charge in [-0.1, -0.05) is 30.3 Å². The Balaban J connectivity index is 1.69. The highest BCUT2D eigenvalue weighted by Gasteiger charge is 2.13. The van der Waals surface area contributed by atoms with Gasteiger partial charge in [0, 0.05) is 30.5 Å². The number of H-pyrrole nitrogens is 1. The molecule has 2 aromatic heterocycles. The third kappa shape index (κ3) is 3.67. The van der Waals surface area contributed by atoms with E-state index < -0.39 is 5.97 Å². The number of hydrogen-bond acceptors (Lipinski definition) is 4. The molecule has 24 heavy (non-hydrogen) atoms. The number of aromatic amines is 1. The summed E-state index contributed by atoms with van der Waals surface area (Å²) in [5.41, 5.74) is 3.70. The van der Waals surface area contributed by atoms with E-state index in [1.54, 1.807) is 18.3 Å². The summed E-state index contributed by atoms with van der Waals surface area (Å²) in [5, 5.41) is 16.6. The number of carbonyl (C=O) groups is 1. The lowest BCUT2D eigenvalue weighted by Gasteiger charge is -2.16. The summed E-state index contributed by atoms with van der Waals surface area (Å²) in [6.07, 6.45) is 1.61. The molecule has 1 aromatic carbocycles. The van der Waals surface area contributed by atoms with E-state index in [0.717, 1.165) is 17.0 Å². The van der Waals surface area contributed by atoms with Gasteiger partial charge >= 0.3 is 5.97 Å². The summed E-state index contributed by atoms with van der Waals surface area (Å²) >= 11 is 0. The summed E-state index contributed by atoms with van der Waals surface area (Å²) in [4.78, 5) is 17.4. The maximum atomic E-state index is 11.2. The Hall–Kier alpha value is -2.99. The number of rotatable bonds is 6. The Morgan fingerprint density at radius 1 is 1.17 bits per heavy atom. The van der Waals surface area contributed by atoms with E-state index in [-0.39, 0.29) is 5.56 Å². The lowest BCUT2D eigenvalue weighted by molar-refractivity contribution is 0.0694. The van der Waals surface area contributed by atoms with Gasteiger partial charge in [0.25, 0.3) is 0 Å². The van der Waals surface area contributed by atoms with Crippen molar-refractivity contribution in [3.63, 3.8) is 0 Å². The molecule has 0 spiro atoms. The van der Waals surface area contributed by atoms with Crippen LogP contribution in [0.3, 0.4) is 0 Å². The maximum absolute atomic E-state index is 11.2. The lowest BCUT2D eigenvalue weighted by Crippen LogP contribution is -2.20. The maximum Gasteiger partial charge on any atom is 0.337 e. The molecule has 0 saturated heterocycles. The van der Waals surface area contributed by atoms with Crippen molar-refractivity contribution in [1.82, 2.24) is 20.1 Å². The molecule has 2 heterocycles. The highest BCUT2D eigenvalue weighted by atomic mass is 16.4. The van der Waals surface area contributed by atoms with E-state index in [9.17, 15) is 9.90 Å². The molecule has 0 unspecified atom stereocenters. The van der Waals surface area contributed by atoms with Crippen LogP contribution in [-0.2, 0) is 13.1 Å². The zero-order valence-corrected chi connectivity index (χ0v) is 13.3. The second-order valence-corrected chi connectivity index (χ2v) is 5.62. The molecular formula is C18H18N4O2. The third-order valence-corrected chi connectivity index (χ3v) is 3.68. The molecule has 3 aromatic rings. The highest BCUT2D eigenvalue weighted by Crippen LogP contribution is 2.18. The largest absolute Gasteiger partial charge is 0.478 e. The Bertz CT molecular complexity index is 830. The molecule has 6 nitrogen and oxygen atoms in total. The van der Waals surface area contributed by atoms with Crippen molar-refractivity contribution in [1.29, 1.82) is 0 Å². The predicted octanol–water partition coefficient (Wildman–Crippen LogP) is 2.80. The fourth-order valence-electron chi connectivity index (χ4n) is 2.56. The fourth-order valence-corrected chi connectivity index (χ4v) is 2.56. The Labute approximate surface area is 139 Å². The molecule has 0 fully saturated rings. The van der Waals surface area contributed by atoms with E-state index in [2.05, 4.69) is 15.2 Å². The number of hydrogen-bond donors (Lipinski definition) is 2. The highest BCUT2D eigenvalue weighted by molar-refractivity contribution is 5.88. The Kier molecular flexibility index (Phi) is 4.67. The summed E-state index contributed by atoms with van der Waals surface area (Å²) in [7, 11) is 1.92. The minimum Gasteiger partial charge on any atom is -0.478 e. The number of carboxylic acids is 1. The minimum atomic E-state index is -0.959. The van der Waals surface area contributed by atoms with Crippen LogP contribution in [0.25, 0.3) is 11.3 Å². The number of carboxylic acid groups (broad SMARTS) is 1. The summed E-state index contributed by atoms with van der Waals surface area (Å²) in [5.74, 6) is -0.959. The first-order valence-corrected chi connectivity index (χ1v) is 7.59. The predicted molar refractivity (Wildman–Crippen MR) is 90.4 cm³/mol. The molecule has 0 atom stereocenters.